The molecule has 35 heavy (non-hydrogen) atoms. The predicted molar refractivity (Wildman–Crippen MR) is 131 cm³/mol. The fourth-order valence-electron chi connectivity index (χ4n) is 3.70. The van der Waals surface area contributed by atoms with Crippen LogP contribution in [-0.4, -0.2) is 16.1 Å². The first kappa shape index (κ1) is 25.2. The van der Waals surface area contributed by atoms with Gasteiger partial charge in [0.2, 0.25) is 5.91 Å². The highest BCUT2D eigenvalue weighted by atomic mass is 35.5. The van der Waals surface area contributed by atoms with Crippen LogP contribution < -0.4 is 10.6 Å². The van der Waals surface area contributed by atoms with Crippen molar-refractivity contribution in [3.8, 4) is 6.07 Å². The average Bonchev–Trinajstić information content (AvgIpc) is 3.38. The van der Waals surface area contributed by atoms with Crippen molar-refractivity contribution < 1.29 is 18.4 Å². The molecule has 3 aromatic carbocycles. The van der Waals surface area contributed by atoms with Gasteiger partial charge in [-0.3, -0.25) is 9.59 Å². The molecule has 1 aliphatic rings. The van der Waals surface area contributed by atoms with Gasteiger partial charge in [0, 0.05) is 22.7 Å². The summed E-state index contributed by atoms with van der Waals surface area (Å²) in [6, 6.07) is 13.4. The molecule has 0 saturated heterocycles. The number of benzene rings is 3. The summed E-state index contributed by atoms with van der Waals surface area (Å²) in [6.07, 6.45) is 0. The molecule has 2 N–H and O–H groups in total. The van der Waals surface area contributed by atoms with Gasteiger partial charge in [0.25, 0.3) is 5.91 Å². The first-order valence-corrected chi connectivity index (χ1v) is 11.5. The zero-order valence-corrected chi connectivity index (χ0v) is 20.4. The Kier molecular flexibility index (Phi) is 6.94. The van der Waals surface area contributed by atoms with Gasteiger partial charge in [-0.2, -0.15) is 5.26 Å². The van der Waals surface area contributed by atoms with Gasteiger partial charge < -0.3 is 10.6 Å². The fraction of sp³-hybridized carbons (Fsp3) is 0.125. The van der Waals surface area contributed by atoms with Crippen molar-refractivity contribution in [2.45, 2.75) is 10.3 Å². The Bertz CT molecular complexity index is 1410. The topological polar surface area (TPSA) is 82.0 Å². The molecule has 0 spiro atoms. The number of nitrogens with zero attached hydrogens (tertiary/aromatic N) is 1. The van der Waals surface area contributed by atoms with Crippen molar-refractivity contribution >= 4 is 69.6 Å². The zero-order chi connectivity index (χ0) is 25.5. The second-order valence-corrected chi connectivity index (χ2v) is 10.1. The van der Waals surface area contributed by atoms with E-state index in [9.17, 15) is 18.4 Å². The Morgan fingerprint density at radius 2 is 1.71 bits per heavy atom. The maximum Gasteiger partial charge on any atom is 0.257 e. The Morgan fingerprint density at radius 3 is 2.40 bits per heavy atom. The van der Waals surface area contributed by atoms with E-state index in [1.807, 2.05) is 6.07 Å². The minimum absolute atomic E-state index is 0.0410. The summed E-state index contributed by atoms with van der Waals surface area (Å²) >= 11 is 24.9. The molecule has 178 valence electrons. The molecule has 1 saturated carbocycles. The van der Waals surface area contributed by atoms with Crippen LogP contribution in [0.2, 0.25) is 10.0 Å². The standard InChI is InChI=1S/C24H13Cl4F2N3O2/c25-13-6-11(10-31)5-12(7-13)20-21(24(20,27)28)23(35)32-15-2-3-17(26)16(9-15)22(34)33-19-4-1-14(29)8-18(19)30/h1-9,20-21H,(H,32,35)(H,33,34). The van der Waals surface area contributed by atoms with Gasteiger partial charge in [0.1, 0.15) is 16.0 Å². The fourth-order valence-corrected chi connectivity index (χ4v) is 4.98. The molecule has 0 aromatic heterocycles. The third-order valence-electron chi connectivity index (χ3n) is 5.40. The molecule has 2 amide bonds. The van der Waals surface area contributed by atoms with Crippen LogP contribution in [0.25, 0.3) is 0 Å². The first-order valence-electron chi connectivity index (χ1n) is 9.96. The van der Waals surface area contributed by atoms with Crippen LogP contribution in [-0.2, 0) is 4.79 Å². The highest BCUT2D eigenvalue weighted by Crippen LogP contribution is 2.65. The largest absolute Gasteiger partial charge is 0.326 e. The van der Waals surface area contributed by atoms with E-state index in [-0.39, 0.29) is 22.0 Å². The highest BCUT2D eigenvalue weighted by molar-refractivity contribution is 6.53. The lowest BCUT2D eigenvalue weighted by atomic mass is 10.1. The summed E-state index contributed by atoms with van der Waals surface area (Å²) < 4.78 is 25.6. The van der Waals surface area contributed by atoms with Crippen LogP contribution in [0.5, 0.6) is 0 Å². The Labute approximate surface area is 218 Å². The summed E-state index contributed by atoms with van der Waals surface area (Å²) in [5, 5.41) is 14.5. The summed E-state index contributed by atoms with van der Waals surface area (Å²) in [6.45, 7) is 0. The van der Waals surface area contributed by atoms with Gasteiger partial charge in [-0.1, -0.05) is 23.2 Å². The molecule has 1 fully saturated rings. The predicted octanol–water partition coefficient (Wildman–Crippen LogP) is 6.92. The van der Waals surface area contributed by atoms with E-state index < -0.39 is 39.6 Å². The monoisotopic (exact) mass is 553 g/mol. The van der Waals surface area contributed by atoms with E-state index in [4.69, 9.17) is 51.7 Å². The lowest BCUT2D eigenvalue weighted by molar-refractivity contribution is -0.117. The molecular weight excluding hydrogens is 542 g/mol. The number of rotatable bonds is 5. The Morgan fingerprint density at radius 1 is 0.971 bits per heavy atom. The number of nitriles is 1. The van der Waals surface area contributed by atoms with Gasteiger partial charge >= 0.3 is 0 Å². The zero-order valence-electron chi connectivity index (χ0n) is 17.4. The third-order valence-corrected chi connectivity index (χ3v) is 6.89. The Hall–Kier alpha value is -2.89. The lowest BCUT2D eigenvalue weighted by Gasteiger charge is -2.11. The molecule has 0 heterocycles. The molecule has 1 aliphatic carbocycles. The molecule has 0 aliphatic heterocycles. The van der Waals surface area contributed by atoms with E-state index in [0.29, 0.717) is 22.2 Å². The minimum atomic E-state index is -1.44. The molecule has 0 bridgehead atoms. The number of alkyl halides is 2. The number of hydrogen-bond acceptors (Lipinski definition) is 3. The van der Waals surface area contributed by atoms with Crippen molar-refractivity contribution in [2.24, 2.45) is 5.92 Å². The second-order valence-electron chi connectivity index (χ2n) is 7.78. The van der Waals surface area contributed by atoms with Crippen LogP contribution >= 0.6 is 46.4 Å². The average molecular weight is 555 g/mol. The lowest BCUT2D eigenvalue weighted by Crippen LogP contribution is -2.18. The van der Waals surface area contributed by atoms with Gasteiger partial charge in [-0.25, -0.2) is 8.78 Å². The van der Waals surface area contributed by atoms with Gasteiger partial charge in [-0.05, 0) is 54.1 Å². The Balaban J connectivity index is 1.52. The quantitative estimate of drug-likeness (QED) is 0.336. The molecule has 3 aromatic rings. The number of anilines is 2. The number of hydrogen-bond donors (Lipinski definition) is 2. The number of carbonyl (C=O) groups excluding carboxylic acids is 2. The van der Waals surface area contributed by atoms with Crippen LogP contribution in [0.4, 0.5) is 20.2 Å². The smallest absolute Gasteiger partial charge is 0.257 e. The van der Waals surface area contributed by atoms with Crippen LogP contribution in [0.3, 0.4) is 0 Å². The van der Waals surface area contributed by atoms with Crippen molar-refractivity contribution in [1.29, 1.82) is 5.26 Å². The summed E-state index contributed by atoms with van der Waals surface area (Å²) in [5.41, 5.74) is 0.750. The number of amides is 2. The van der Waals surface area contributed by atoms with Crippen molar-refractivity contribution in [3.05, 3.63) is 93.0 Å². The minimum Gasteiger partial charge on any atom is -0.326 e. The highest BCUT2D eigenvalue weighted by Gasteiger charge is 2.67. The molecule has 11 heteroatoms. The second kappa shape index (κ2) is 9.63. The summed E-state index contributed by atoms with van der Waals surface area (Å²) in [4.78, 5) is 25.6. The third kappa shape index (κ3) is 5.21. The SMILES string of the molecule is N#Cc1cc(Cl)cc(C2C(C(=O)Nc3ccc(Cl)c(C(=O)Nc4ccc(F)cc4F)c3)C2(Cl)Cl)c1. The van der Waals surface area contributed by atoms with E-state index in [1.54, 1.807) is 12.1 Å². The molecule has 0 radical (unpaired) electrons. The van der Waals surface area contributed by atoms with E-state index in [1.165, 1.54) is 24.3 Å². The molecule has 2 unspecified atom stereocenters. The maximum atomic E-state index is 13.9. The van der Waals surface area contributed by atoms with E-state index in [0.717, 1.165) is 12.1 Å². The van der Waals surface area contributed by atoms with E-state index >= 15 is 0 Å². The normalized spacial score (nSPS) is 17.9. The van der Waals surface area contributed by atoms with Gasteiger partial charge in [-0.15, -0.1) is 23.2 Å². The molecule has 5 nitrogen and oxygen atoms in total. The number of halogens is 6. The maximum absolute atomic E-state index is 13.9. The molecule has 2 atom stereocenters. The summed E-state index contributed by atoms with van der Waals surface area (Å²) in [5.74, 6) is -4.53. The van der Waals surface area contributed by atoms with E-state index in [2.05, 4.69) is 10.6 Å². The molecular formula is C24H13Cl4F2N3O2. The van der Waals surface area contributed by atoms with Crippen molar-refractivity contribution in [3.63, 3.8) is 0 Å². The van der Waals surface area contributed by atoms with Crippen LogP contribution in [0.15, 0.2) is 54.6 Å². The summed E-state index contributed by atoms with van der Waals surface area (Å²) in [7, 11) is 0. The first-order chi connectivity index (χ1) is 16.5. The van der Waals surface area contributed by atoms with Gasteiger partial charge in [0.15, 0.2) is 0 Å². The van der Waals surface area contributed by atoms with Crippen molar-refractivity contribution in [1.82, 2.24) is 0 Å². The van der Waals surface area contributed by atoms with Gasteiger partial charge in [0.05, 0.1) is 33.8 Å². The van der Waals surface area contributed by atoms with Crippen molar-refractivity contribution in [2.75, 3.05) is 10.6 Å². The van der Waals surface area contributed by atoms with Crippen LogP contribution in [0.1, 0.15) is 27.4 Å². The van der Waals surface area contributed by atoms with Crippen LogP contribution in [0, 0.1) is 28.9 Å². The molecule has 4 rings (SSSR count). The number of carbonyl (C=O) groups is 2. The number of nitrogens with one attached hydrogen (secondary N) is 2.